The molecule has 1 heterocycles. The molecule has 2 nitrogen and oxygen atoms in total. The van der Waals surface area contributed by atoms with Crippen LogP contribution in [0.2, 0.25) is 0 Å². The third-order valence-electron chi connectivity index (χ3n) is 2.50. The monoisotopic (exact) mass is 327 g/mol. The highest BCUT2D eigenvalue weighted by molar-refractivity contribution is 14.1. The number of nitrogens with one attached hydrogen (secondary N) is 1. The summed E-state index contributed by atoms with van der Waals surface area (Å²) in [5, 5.41) is 3.43. The van der Waals surface area contributed by atoms with Gasteiger partial charge in [0.2, 0.25) is 0 Å². The molecule has 0 saturated heterocycles. The topological polar surface area (TPSA) is 25.2 Å². The molecule has 3 heteroatoms. The highest BCUT2D eigenvalue weighted by Gasteiger charge is 2.11. The van der Waals surface area contributed by atoms with E-state index in [0.29, 0.717) is 0 Å². The predicted molar refractivity (Wildman–Crippen MR) is 74.6 cm³/mol. The van der Waals surface area contributed by atoms with Gasteiger partial charge in [0.1, 0.15) is 5.76 Å². The normalized spacial score (nSPS) is 12.4. The molecule has 0 aliphatic heterocycles. The minimum Gasteiger partial charge on any atom is -0.467 e. The maximum atomic E-state index is 5.46. The van der Waals surface area contributed by atoms with E-state index in [2.05, 4.69) is 60.0 Å². The van der Waals surface area contributed by atoms with Gasteiger partial charge >= 0.3 is 0 Å². The van der Waals surface area contributed by atoms with Crippen LogP contribution in [-0.4, -0.2) is 0 Å². The zero-order valence-electron chi connectivity index (χ0n) is 9.33. The van der Waals surface area contributed by atoms with Gasteiger partial charge in [0.25, 0.3) is 0 Å². The molecule has 84 valence electrons. The van der Waals surface area contributed by atoms with Crippen LogP contribution in [0, 0.1) is 10.5 Å². The Kier molecular flexibility index (Phi) is 3.53. The van der Waals surface area contributed by atoms with Crippen molar-refractivity contribution in [3.05, 3.63) is 51.5 Å². The van der Waals surface area contributed by atoms with Crippen molar-refractivity contribution < 1.29 is 4.42 Å². The van der Waals surface area contributed by atoms with E-state index in [1.54, 1.807) is 6.26 Å². The summed E-state index contributed by atoms with van der Waals surface area (Å²) in [5.41, 5.74) is 2.31. The number of halogens is 1. The fourth-order valence-electron chi connectivity index (χ4n) is 1.72. The summed E-state index contributed by atoms with van der Waals surface area (Å²) in [6, 6.07) is 10.5. The molecule has 1 unspecified atom stereocenters. The number of rotatable bonds is 3. The van der Waals surface area contributed by atoms with Crippen LogP contribution in [0.15, 0.2) is 41.0 Å². The van der Waals surface area contributed by atoms with Crippen LogP contribution in [0.1, 0.15) is 24.3 Å². The molecule has 0 amide bonds. The van der Waals surface area contributed by atoms with Gasteiger partial charge in [0.05, 0.1) is 12.3 Å². The second-order valence-electron chi connectivity index (χ2n) is 3.84. The van der Waals surface area contributed by atoms with Gasteiger partial charge in [0, 0.05) is 9.26 Å². The number of hydrogen-bond donors (Lipinski definition) is 1. The summed E-state index contributed by atoms with van der Waals surface area (Å²) in [7, 11) is 0. The van der Waals surface area contributed by atoms with Gasteiger partial charge in [-0.25, -0.2) is 0 Å². The highest BCUT2D eigenvalue weighted by atomic mass is 127. The first-order valence-electron chi connectivity index (χ1n) is 5.23. The Bertz CT molecular complexity index is 478. The molecule has 0 bridgehead atoms. The number of aryl methyl sites for hydroxylation is 1. The first-order valence-corrected chi connectivity index (χ1v) is 6.31. The van der Waals surface area contributed by atoms with E-state index in [4.69, 9.17) is 4.42 Å². The summed E-state index contributed by atoms with van der Waals surface area (Å²) < 4.78 is 6.69. The molecule has 0 spiro atoms. The van der Waals surface area contributed by atoms with Gasteiger partial charge < -0.3 is 9.73 Å². The van der Waals surface area contributed by atoms with Crippen molar-refractivity contribution in [2.24, 2.45) is 0 Å². The second kappa shape index (κ2) is 4.91. The lowest BCUT2D eigenvalue weighted by Crippen LogP contribution is -2.06. The fourth-order valence-corrected chi connectivity index (χ4v) is 2.26. The molecule has 1 atom stereocenters. The van der Waals surface area contributed by atoms with Crippen LogP contribution < -0.4 is 5.32 Å². The van der Waals surface area contributed by atoms with Crippen molar-refractivity contribution >= 4 is 28.3 Å². The Morgan fingerprint density at radius 1 is 1.31 bits per heavy atom. The molecule has 2 aromatic rings. The van der Waals surface area contributed by atoms with E-state index < -0.39 is 0 Å². The molecule has 1 aromatic heterocycles. The van der Waals surface area contributed by atoms with Crippen molar-refractivity contribution in [1.82, 2.24) is 0 Å². The van der Waals surface area contributed by atoms with E-state index in [0.717, 1.165) is 11.4 Å². The molecule has 0 aliphatic rings. The standard InChI is InChI=1S/C13H14INO/c1-9-6-7-16-13(9)10(2)15-12-5-3-4-11(14)8-12/h3-8,10,15H,1-2H3. The molecule has 2 rings (SSSR count). The number of benzene rings is 1. The SMILES string of the molecule is Cc1ccoc1C(C)Nc1cccc(I)c1. The minimum absolute atomic E-state index is 0.188. The maximum Gasteiger partial charge on any atom is 0.128 e. The maximum absolute atomic E-state index is 5.46. The first-order chi connectivity index (χ1) is 7.66. The minimum atomic E-state index is 0.188. The Labute approximate surface area is 109 Å². The zero-order chi connectivity index (χ0) is 11.5. The quantitative estimate of drug-likeness (QED) is 0.847. The third-order valence-corrected chi connectivity index (χ3v) is 3.17. The summed E-state index contributed by atoms with van der Waals surface area (Å²) >= 11 is 2.31. The van der Waals surface area contributed by atoms with Crippen LogP contribution in [0.25, 0.3) is 0 Å². The first kappa shape index (κ1) is 11.5. The molecular weight excluding hydrogens is 313 g/mol. The molecule has 1 aromatic carbocycles. The van der Waals surface area contributed by atoms with E-state index in [1.165, 1.54) is 9.13 Å². The average Bonchev–Trinajstić information content (AvgIpc) is 2.64. The van der Waals surface area contributed by atoms with Crippen LogP contribution in [0.5, 0.6) is 0 Å². The van der Waals surface area contributed by atoms with Gasteiger partial charge in [-0.2, -0.15) is 0 Å². The lowest BCUT2D eigenvalue weighted by atomic mass is 10.1. The van der Waals surface area contributed by atoms with Gasteiger partial charge in [-0.1, -0.05) is 6.07 Å². The summed E-state index contributed by atoms with van der Waals surface area (Å²) in [6.07, 6.45) is 1.73. The number of hydrogen-bond acceptors (Lipinski definition) is 2. The second-order valence-corrected chi connectivity index (χ2v) is 5.09. The molecule has 0 fully saturated rings. The van der Waals surface area contributed by atoms with E-state index >= 15 is 0 Å². The lowest BCUT2D eigenvalue weighted by Gasteiger charge is -2.14. The van der Waals surface area contributed by atoms with Crippen molar-refractivity contribution in [3.8, 4) is 0 Å². The molecule has 0 radical (unpaired) electrons. The van der Waals surface area contributed by atoms with Crippen molar-refractivity contribution in [1.29, 1.82) is 0 Å². The Balaban J connectivity index is 2.14. The van der Waals surface area contributed by atoms with Gasteiger partial charge in [0.15, 0.2) is 0 Å². The predicted octanol–water partition coefficient (Wildman–Crippen LogP) is 4.37. The van der Waals surface area contributed by atoms with Gasteiger partial charge in [-0.15, -0.1) is 0 Å². The van der Waals surface area contributed by atoms with Crippen LogP contribution in [-0.2, 0) is 0 Å². The van der Waals surface area contributed by atoms with Crippen LogP contribution in [0.3, 0.4) is 0 Å². The zero-order valence-corrected chi connectivity index (χ0v) is 11.5. The Morgan fingerprint density at radius 3 is 2.75 bits per heavy atom. The summed E-state index contributed by atoms with van der Waals surface area (Å²) in [6.45, 7) is 4.16. The summed E-state index contributed by atoms with van der Waals surface area (Å²) in [5.74, 6) is 0.999. The Hall–Kier alpha value is -0.970. The molecule has 0 saturated carbocycles. The van der Waals surface area contributed by atoms with E-state index in [-0.39, 0.29) is 6.04 Å². The smallest absolute Gasteiger partial charge is 0.128 e. The fraction of sp³-hybridized carbons (Fsp3) is 0.231. The van der Waals surface area contributed by atoms with Crippen molar-refractivity contribution in [2.75, 3.05) is 5.32 Å². The Morgan fingerprint density at radius 2 is 2.12 bits per heavy atom. The van der Waals surface area contributed by atoms with Crippen LogP contribution >= 0.6 is 22.6 Å². The summed E-state index contributed by atoms with van der Waals surface area (Å²) in [4.78, 5) is 0. The molecule has 1 N–H and O–H groups in total. The van der Waals surface area contributed by atoms with Crippen LogP contribution in [0.4, 0.5) is 5.69 Å². The lowest BCUT2D eigenvalue weighted by molar-refractivity contribution is 0.487. The van der Waals surface area contributed by atoms with E-state index in [9.17, 15) is 0 Å². The number of furan rings is 1. The molecular formula is C13H14INO. The molecule has 0 aliphatic carbocycles. The number of anilines is 1. The van der Waals surface area contributed by atoms with Crippen molar-refractivity contribution in [3.63, 3.8) is 0 Å². The van der Waals surface area contributed by atoms with Gasteiger partial charge in [-0.05, 0) is 66.3 Å². The van der Waals surface area contributed by atoms with Gasteiger partial charge in [-0.3, -0.25) is 0 Å². The molecule has 16 heavy (non-hydrogen) atoms. The average molecular weight is 327 g/mol. The largest absolute Gasteiger partial charge is 0.467 e. The van der Waals surface area contributed by atoms with E-state index in [1.807, 2.05) is 12.1 Å². The highest BCUT2D eigenvalue weighted by Crippen LogP contribution is 2.23. The van der Waals surface area contributed by atoms with Crippen molar-refractivity contribution in [2.45, 2.75) is 19.9 Å². The third kappa shape index (κ3) is 2.58.